The van der Waals surface area contributed by atoms with Crippen LogP contribution in [0.2, 0.25) is 18.1 Å². The Morgan fingerprint density at radius 3 is 1.79 bits per heavy atom. The largest absolute Gasteiger partial charge is 0.468 e. The van der Waals surface area contributed by atoms with Gasteiger partial charge in [0.1, 0.15) is 5.41 Å². The van der Waals surface area contributed by atoms with Gasteiger partial charge in [-0.3, -0.25) is 24.0 Å². The summed E-state index contributed by atoms with van der Waals surface area (Å²) in [5.41, 5.74) is -3.57. The molecule has 0 N–H and O–H groups in total. The van der Waals surface area contributed by atoms with E-state index in [1.807, 2.05) is 0 Å². The fourth-order valence-corrected chi connectivity index (χ4v) is 6.70. The van der Waals surface area contributed by atoms with E-state index in [0.29, 0.717) is 12.8 Å². The fourth-order valence-electron chi connectivity index (χ4n) is 5.13. The Labute approximate surface area is 256 Å². The van der Waals surface area contributed by atoms with E-state index < -0.39 is 60.5 Å². The first-order chi connectivity index (χ1) is 19.9. The number of hydrogen-bond acceptors (Lipinski definition) is 11. The quantitative estimate of drug-likeness (QED) is 0.0555. The molecule has 1 fully saturated rings. The Morgan fingerprint density at radius 2 is 1.37 bits per heavy atom. The van der Waals surface area contributed by atoms with Crippen molar-refractivity contribution in [3.63, 3.8) is 0 Å². The van der Waals surface area contributed by atoms with Crippen molar-refractivity contribution in [1.82, 2.24) is 0 Å². The molecular weight excluding hydrogens is 576 g/mol. The average Bonchev–Trinajstić information content (AvgIpc) is 3.62. The van der Waals surface area contributed by atoms with Crippen LogP contribution in [-0.2, 0) is 52.1 Å². The lowest BCUT2D eigenvalue weighted by Crippen LogP contribution is -2.46. The number of ether oxygens (including phenoxy) is 5. The number of unbranched alkanes of at least 4 members (excludes halogenated alkanes) is 1. The summed E-state index contributed by atoms with van der Waals surface area (Å²) in [5.74, 6) is -4.56. The first-order valence-corrected chi connectivity index (χ1v) is 17.2. The molecule has 0 heterocycles. The molecular formula is C31H50O11Si. The van der Waals surface area contributed by atoms with Crippen molar-refractivity contribution in [1.29, 1.82) is 0 Å². The molecule has 0 aliphatic heterocycles. The molecule has 244 valence electrons. The second kappa shape index (κ2) is 15.1. The maximum Gasteiger partial charge on any atom is 0.323 e. The maximum absolute atomic E-state index is 13.1. The molecule has 11 nitrogen and oxygen atoms in total. The van der Waals surface area contributed by atoms with Crippen LogP contribution in [0.15, 0.2) is 24.8 Å². The minimum absolute atomic E-state index is 0.0268. The molecule has 1 saturated carbocycles. The molecule has 0 aromatic carbocycles. The third-order valence-corrected chi connectivity index (χ3v) is 13.5. The number of rotatable bonds is 17. The zero-order valence-corrected chi connectivity index (χ0v) is 28.5. The van der Waals surface area contributed by atoms with Gasteiger partial charge in [0, 0.05) is 0 Å². The average molecular weight is 627 g/mol. The minimum Gasteiger partial charge on any atom is -0.468 e. The number of carbonyl (C=O) groups is 5. The SMILES string of the molecule is C=CC1(O[Si](C)(C)C(C)(C)C)CC1(C/C=C/CC(CCCCC(C(=O)OC)C(=O)OC)(C(=O)OC)C(=O)OC)C(=O)OC. The zero-order chi connectivity index (χ0) is 33.3. The Balaban J connectivity index is 3.22. The molecule has 2 atom stereocenters. The molecule has 0 radical (unpaired) electrons. The minimum atomic E-state index is -2.29. The normalized spacial score (nSPS) is 20.3. The molecule has 0 aromatic rings. The zero-order valence-electron chi connectivity index (χ0n) is 27.5. The van der Waals surface area contributed by atoms with Crippen LogP contribution in [0.3, 0.4) is 0 Å². The van der Waals surface area contributed by atoms with Gasteiger partial charge in [-0.2, -0.15) is 0 Å². The predicted molar refractivity (Wildman–Crippen MR) is 161 cm³/mol. The summed E-state index contributed by atoms with van der Waals surface area (Å²) in [4.78, 5) is 63.2. The van der Waals surface area contributed by atoms with Crippen molar-refractivity contribution in [2.45, 2.75) is 89.5 Å². The lowest BCUT2D eigenvalue weighted by atomic mass is 9.78. The molecule has 1 rings (SSSR count). The Kier molecular flexibility index (Phi) is 13.4. The van der Waals surface area contributed by atoms with Crippen molar-refractivity contribution in [2.75, 3.05) is 35.5 Å². The van der Waals surface area contributed by atoms with Crippen molar-refractivity contribution >= 4 is 38.2 Å². The highest BCUT2D eigenvalue weighted by atomic mass is 28.4. The highest BCUT2D eigenvalue weighted by Gasteiger charge is 2.73. The second-order valence-electron chi connectivity index (χ2n) is 12.5. The van der Waals surface area contributed by atoms with Crippen LogP contribution in [0, 0.1) is 16.7 Å². The second-order valence-corrected chi connectivity index (χ2v) is 17.2. The Morgan fingerprint density at radius 1 is 0.837 bits per heavy atom. The van der Waals surface area contributed by atoms with Crippen LogP contribution >= 0.6 is 0 Å². The molecule has 1 aliphatic carbocycles. The van der Waals surface area contributed by atoms with Crippen LogP contribution < -0.4 is 0 Å². The monoisotopic (exact) mass is 626 g/mol. The van der Waals surface area contributed by atoms with E-state index in [4.69, 9.17) is 28.1 Å². The van der Waals surface area contributed by atoms with E-state index in [9.17, 15) is 24.0 Å². The summed E-state index contributed by atoms with van der Waals surface area (Å²) in [7, 11) is 3.75. The smallest absolute Gasteiger partial charge is 0.323 e. The number of allylic oxidation sites excluding steroid dienone is 2. The van der Waals surface area contributed by atoms with Gasteiger partial charge < -0.3 is 28.1 Å². The molecule has 0 saturated heterocycles. The van der Waals surface area contributed by atoms with E-state index in [-0.39, 0.29) is 37.1 Å². The summed E-state index contributed by atoms with van der Waals surface area (Å²) in [6.45, 7) is 14.5. The maximum atomic E-state index is 13.1. The highest BCUT2D eigenvalue weighted by Crippen LogP contribution is 2.65. The van der Waals surface area contributed by atoms with Crippen LogP contribution in [0.5, 0.6) is 0 Å². The third kappa shape index (κ3) is 8.14. The van der Waals surface area contributed by atoms with E-state index in [0.717, 1.165) is 0 Å². The van der Waals surface area contributed by atoms with Crippen LogP contribution in [-0.4, -0.2) is 79.3 Å². The lowest BCUT2D eigenvalue weighted by molar-refractivity contribution is -0.170. The predicted octanol–water partition coefficient (Wildman–Crippen LogP) is 4.69. The van der Waals surface area contributed by atoms with Crippen molar-refractivity contribution in [2.24, 2.45) is 16.7 Å². The first-order valence-electron chi connectivity index (χ1n) is 14.3. The third-order valence-electron chi connectivity index (χ3n) is 8.97. The molecule has 0 aromatic heterocycles. The van der Waals surface area contributed by atoms with Crippen molar-refractivity contribution in [3.05, 3.63) is 24.8 Å². The van der Waals surface area contributed by atoms with E-state index in [2.05, 4.69) is 40.4 Å². The Bertz CT molecular complexity index is 1040. The number of carbonyl (C=O) groups excluding carboxylic acids is 5. The van der Waals surface area contributed by atoms with Gasteiger partial charge in [0.2, 0.25) is 0 Å². The van der Waals surface area contributed by atoms with Gasteiger partial charge in [0.05, 0.1) is 41.2 Å². The molecule has 12 heteroatoms. The molecule has 0 amide bonds. The highest BCUT2D eigenvalue weighted by molar-refractivity contribution is 6.74. The fraction of sp³-hybridized carbons (Fsp3) is 0.710. The Hall–Kier alpha value is -2.99. The van der Waals surface area contributed by atoms with Gasteiger partial charge in [0.15, 0.2) is 19.7 Å². The molecule has 43 heavy (non-hydrogen) atoms. The van der Waals surface area contributed by atoms with Crippen molar-refractivity contribution in [3.8, 4) is 0 Å². The van der Waals surface area contributed by atoms with E-state index in [1.165, 1.54) is 35.5 Å². The van der Waals surface area contributed by atoms with Gasteiger partial charge in [-0.25, -0.2) is 0 Å². The van der Waals surface area contributed by atoms with Gasteiger partial charge in [0.25, 0.3) is 0 Å². The summed E-state index contributed by atoms with van der Waals surface area (Å²) in [6, 6.07) is 0. The summed E-state index contributed by atoms with van der Waals surface area (Å²) in [5, 5.41) is -0.0996. The summed E-state index contributed by atoms with van der Waals surface area (Å²) < 4.78 is 31.3. The van der Waals surface area contributed by atoms with Crippen LogP contribution in [0.25, 0.3) is 0 Å². The van der Waals surface area contributed by atoms with E-state index in [1.54, 1.807) is 18.2 Å². The standard InChI is InChI=1S/C31H50O11Si/c1-12-31(42-43(10,11)28(2,3)4)21-30(31,27(36)41-9)20-16-15-19-29(25(34)39-7,26(35)40-8)18-14-13-17-22(23(32)37-5)24(33)38-6/h12,15-16,22H,1,13-14,17-21H2,2-11H3/b16-15+. The number of esters is 5. The van der Waals surface area contributed by atoms with Gasteiger partial charge in [-0.15, -0.1) is 6.58 Å². The van der Waals surface area contributed by atoms with Gasteiger partial charge in [-0.05, 0) is 50.2 Å². The van der Waals surface area contributed by atoms with Gasteiger partial charge >= 0.3 is 29.8 Å². The topological polar surface area (TPSA) is 141 Å². The van der Waals surface area contributed by atoms with Crippen LogP contribution in [0.4, 0.5) is 0 Å². The van der Waals surface area contributed by atoms with Gasteiger partial charge in [-0.1, -0.05) is 51.8 Å². The molecule has 1 aliphatic rings. The first kappa shape index (κ1) is 38.0. The molecule has 0 spiro atoms. The molecule has 2 unspecified atom stereocenters. The van der Waals surface area contributed by atoms with Crippen LogP contribution in [0.1, 0.15) is 65.7 Å². The number of methoxy groups -OCH3 is 5. The summed E-state index contributed by atoms with van der Waals surface area (Å²) >= 11 is 0. The molecule has 0 bridgehead atoms. The van der Waals surface area contributed by atoms with E-state index >= 15 is 0 Å². The number of hydrogen-bond donors (Lipinski definition) is 0. The summed E-state index contributed by atoms with van der Waals surface area (Å²) in [6.07, 6.45) is 6.37. The van der Waals surface area contributed by atoms with Crippen molar-refractivity contribution < 1.29 is 52.1 Å². The lowest BCUT2D eigenvalue weighted by Gasteiger charge is -2.40.